The first kappa shape index (κ1) is 13.9. The quantitative estimate of drug-likeness (QED) is 0.802. The molecule has 0 saturated heterocycles. The number of hydrogen-bond acceptors (Lipinski definition) is 3. The van der Waals surface area contributed by atoms with E-state index in [1.165, 1.54) is 0 Å². The van der Waals surface area contributed by atoms with Crippen molar-refractivity contribution in [3.63, 3.8) is 0 Å². The monoisotopic (exact) mass is 306 g/mol. The number of benzene rings is 1. The van der Waals surface area contributed by atoms with Gasteiger partial charge in [0.1, 0.15) is 0 Å². The van der Waals surface area contributed by atoms with E-state index in [2.05, 4.69) is 0 Å². The molecule has 0 aliphatic heterocycles. The van der Waals surface area contributed by atoms with Crippen molar-refractivity contribution in [1.29, 1.82) is 0 Å². The van der Waals surface area contributed by atoms with Crippen LogP contribution in [0.15, 0.2) is 29.2 Å². The summed E-state index contributed by atoms with van der Waals surface area (Å²) in [6.45, 7) is 0.132. The summed E-state index contributed by atoms with van der Waals surface area (Å²) in [6, 6.07) is 3.36. The van der Waals surface area contributed by atoms with Gasteiger partial charge in [0.05, 0.1) is 17.1 Å². The number of hydrogen-bond donors (Lipinski definition) is 0. The Morgan fingerprint density at radius 3 is 2.10 bits per heavy atom. The Morgan fingerprint density at radius 1 is 1.15 bits per heavy atom. The molecule has 3 aliphatic rings. The molecule has 3 aliphatic carbocycles. The first-order valence-electron chi connectivity index (χ1n) is 6.27. The Labute approximate surface area is 114 Å². The van der Waals surface area contributed by atoms with Gasteiger partial charge >= 0.3 is 6.18 Å². The van der Waals surface area contributed by atoms with Crippen LogP contribution in [0, 0.1) is 11.3 Å². The Hall–Kier alpha value is -1.08. The standard InChI is InChI=1S/C13H13F3O3S/c14-13(15,16)10-1-3-11(4-2-10)20(17,18)19-8-12-5-9(6-12)7-12/h1-4,9H,5-8H2. The van der Waals surface area contributed by atoms with E-state index in [1.807, 2.05) is 0 Å². The van der Waals surface area contributed by atoms with E-state index in [-0.39, 0.29) is 16.9 Å². The third-order valence-electron chi connectivity index (χ3n) is 4.16. The molecule has 0 unspecified atom stereocenters. The smallest absolute Gasteiger partial charge is 0.266 e. The van der Waals surface area contributed by atoms with Crippen molar-refractivity contribution in [2.24, 2.45) is 11.3 Å². The summed E-state index contributed by atoms with van der Waals surface area (Å²) < 4.78 is 66.0. The van der Waals surface area contributed by atoms with Crippen LogP contribution < -0.4 is 0 Å². The molecule has 0 N–H and O–H groups in total. The van der Waals surface area contributed by atoms with Crippen molar-refractivity contribution in [3.05, 3.63) is 29.8 Å². The van der Waals surface area contributed by atoms with E-state index in [1.54, 1.807) is 0 Å². The van der Waals surface area contributed by atoms with Crippen LogP contribution in [0.2, 0.25) is 0 Å². The SMILES string of the molecule is O=S(=O)(OCC12CC(C1)C2)c1ccc(C(F)(F)F)cc1. The summed E-state index contributed by atoms with van der Waals surface area (Å²) >= 11 is 0. The van der Waals surface area contributed by atoms with Crippen LogP contribution in [0.3, 0.4) is 0 Å². The van der Waals surface area contributed by atoms with E-state index in [0.29, 0.717) is 5.92 Å². The summed E-state index contributed by atoms with van der Waals surface area (Å²) in [5.74, 6) is 0.715. The maximum atomic E-state index is 12.4. The molecular formula is C13H13F3O3S. The molecule has 2 bridgehead atoms. The third-order valence-corrected chi connectivity index (χ3v) is 5.43. The highest BCUT2D eigenvalue weighted by atomic mass is 32.2. The molecule has 7 heteroatoms. The van der Waals surface area contributed by atoms with Gasteiger partial charge in [-0.15, -0.1) is 0 Å². The lowest BCUT2D eigenvalue weighted by Gasteiger charge is -2.61. The number of rotatable bonds is 4. The van der Waals surface area contributed by atoms with Gasteiger partial charge < -0.3 is 0 Å². The highest BCUT2D eigenvalue weighted by molar-refractivity contribution is 7.86. The van der Waals surface area contributed by atoms with Gasteiger partial charge in [-0.25, -0.2) is 0 Å². The predicted octanol–water partition coefficient (Wildman–Crippen LogP) is 3.21. The highest BCUT2D eigenvalue weighted by Gasteiger charge is 2.57. The maximum absolute atomic E-state index is 12.4. The average Bonchev–Trinajstić information content (AvgIpc) is 2.24. The minimum Gasteiger partial charge on any atom is -0.266 e. The molecule has 3 fully saturated rings. The van der Waals surface area contributed by atoms with Crippen LogP contribution in [-0.2, 0) is 20.5 Å². The zero-order valence-corrected chi connectivity index (χ0v) is 11.3. The minimum absolute atomic E-state index is 0.00362. The van der Waals surface area contributed by atoms with Gasteiger partial charge in [0.15, 0.2) is 0 Å². The first-order valence-corrected chi connectivity index (χ1v) is 7.68. The number of halogens is 3. The lowest BCUT2D eigenvalue weighted by molar-refractivity contribution is -0.137. The lowest BCUT2D eigenvalue weighted by atomic mass is 9.45. The van der Waals surface area contributed by atoms with Crippen molar-refractivity contribution in [2.75, 3.05) is 6.61 Å². The second-order valence-electron chi connectivity index (χ2n) is 5.72. The fraction of sp³-hybridized carbons (Fsp3) is 0.538. The molecule has 20 heavy (non-hydrogen) atoms. The Balaban J connectivity index is 1.70. The van der Waals surface area contributed by atoms with Gasteiger partial charge in [0.25, 0.3) is 10.1 Å². The molecule has 0 amide bonds. The summed E-state index contributed by atoms with van der Waals surface area (Å²) in [6.07, 6.45) is -1.49. The Morgan fingerprint density at radius 2 is 1.70 bits per heavy atom. The fourth-order valence-electron chi connectivity index (χ4n) is 2.92. The molecule has 3 nitrogen and oxygen atoms in total. The molecule has 1 aromatic rings. The van der Waals surface area contributed by atoms with Gasteiger partial charge in [-0.2, -0.15) is 21.6 Å². The molecule has 0 atom stereocenters. The topological polar surface area (TPSA) is 43.4 Å². The van der Waals surface area contributed by atoms with E-state index in [0.717, 1.165) is 43.5 Å². The van der Waals surface area contributed by atoms with E-state index in [4.69, 9.17) is 4.18 Å². The van der Waals surface area contributed by atoms with E-state index < -0.39 is 21.9 Å². The molecule has 0 radical (unpaired) electrons. The summed E-state index contributed by atoms with van der Waals surface area (Å²) in [4.78, 5) is -0.239. The van der Waals surface area contributed by atoms with Gasteiger partial charge in [0.2, 0.25) is 0 Å². The van der Waals surface area contributed by atoms with Gasteiger partial charge in [0, 0.05) is 0 Å². The summed E-state index contributed by atoms with van der Waals surface area (Å²) in [5.41, 5.74) is -0.875. The predicted molar refractivity (Wildman–Crippen MR) is 64.4 cm³/mol. The Kier molecular flexibility index (Phi) is 2.92. The molecule has 110 valence electrons. The van der Waals surface area contributed by atoms with Crippen LogP contribution in [0.1, 0.15) is 24.8 Å². The lowest BCUT2D eigenvalue weighted by Crippen LogP contribution is -2.54. The minimum atomic E-state index is -4.48. The third kappa shape index (κ3) is 2.33. The molecule has 4 rings (SSSR count). The molecule has 3 saturated carbocycles. The highest BCUT2D eigenvalue weighted by Crippen LogP contribution is 2.64. The van der Waals surface area contributed by atoms with Crippen LogP contribution in [0.4, 0.5) is 13.2 Å². The molecular weight excluding hydrogens is 293 g/mol. The van der Waals surface area contributed by atoms with Gasteiger partial charge in [-0.1, -0.05) is 0 Å². The van der Waals surface area contributed by atoms with Crippen molar-refractivity contribution < 1.29 is 25.8 Å². The van der Waals surface area contributed by atoms with Gasteiger partial charge in [-0.3, -0.25) is 4.18 Å². The maximum Gasteiger partial charge on any atom is 0.416 e. The average molecular weight is 306 g/mol. The molecule has 0 heterocycles. The van der Waals surface area contributed by atoms with E-state index in [9.17, 15) is 21.6 Å². The molecule has 0 aromatic heterocycles. The zero-order chi connectivity index (χ0) is 14.6. The molecule has 0 spiro atoms. The van der Waals surface area contributed by atoms with E-state index >= 15 is 0 Å². The van der Waals surface area contributed by atoms with Crippen molar-refractivity contribution in [2.45, 2.75) is 30.3 Å². The second kappa shape index (κ2) is 4.21. The van der Waals surface area contributed by atoms with Crippen molar-refractivity contribution >= 4 is 10.1 Å². The first-order chi connectivity index (χ1) is 9.20. The summed E-state index contributed by atoms with van der Waals surface area (Å²) in [7, 11) is -3.97. The van der Waals surface area contributed by atoms with Crippen molar-refractivity contribution in [1.82, 2.24) is 0 Å². The van der Waals surface area contributed by atoms with Gasteiger partial charge in [-0.05, 0) is 54.9 Å². The fourth-order valence-corrected chi connectivity index (χ4v) is 3.93. The largest absolute Gasteiger partial charge is 0.416 e. The Bertz CT molecular complexity index is 602. The van der Waals surface area contributed by atoms with Crippen LogP contribution in [-0.4, -0.2) is 15.0 Å². The zero-order valence-electron chi connectivity index (χ0n) is 10.5. The molecule has 1 aromatic carbocycles. The van der Waals surface area contributed by atoms with Crippen molar-refractivity contribution in [3.8, 4) is 0 Å². The van der Waals surface area contributed by atoms with Crippen LogP contribution >= 0.6 is 0 Å². The van der Waals surface area contributed by atoms with Crippen LogP contribution in [0.25, 0.3) is 0 Å². The number of alkyl halides is 3. The second-order valence-corrected chi connectivity index (χ2v) is 7.33. The summed E-state index contributed by atoms with van der Waals surface area (Å²) in [5, 5.41) is 0. The normalized spacial score (nSPS) is 28.6. The van der Waals surface area contributed by atoms with Crippen LogP contribution in [0.5, 0.6) is 0 Å².